The van der Waals surface area contributed by atoms with Crippen LogP contribution in [0.15, 0.2) is 150 Å². The summed E-state index contributed by atoms with van der Waals surface area (Å²) >= 11 is 0. The van der Waals surface area contributed by atoms with Gasteiger partial charge >= 0.3 is 0 Å². The first-order valence-electron chi connectivity index (χ1n) is 17.6. The molecule has 0 atom stereocenters. The molecular weight excluding hydrogens is 609 g/mol. The van der Waals surface area contributed by atoms with Crippen molar-refractivity contribution in [3.63, 3.8) is 0 Å². The summed E-state index contributed by atoms with van der Waals surface area (Å²) < 4.78 is 9.22. The highest BCUT2D eigenvalue weighted by Gasteiger charge is 2.23. The molecule has 0 radical (unpaired) electrons. The maximum absolute atomic E-state index is 6.93. The summed E-state index contributed by atoms with van der Waals surface area (Å²) in [4.78, 5) is 5.00. The third-order valence-corrected chi connectivity index (χ3v) is 10.2. The van der Waals surface area contributed by atoms with E-state index in [1.807, 2.05) is 6.20 Å². The number of furan rings is 1. The predicted octanol–water partition coefficient (Wildman–Crippen LogP) is 13.3. The second kappa shape index (κ2) is 11.9. The van der Waals surface area contributed by atoms with Crippen molar-refractivity contribution in [3.8, 4) is 39.3 Å². The van der Waals surface area contributed by atoms with Crippen molar-refractivity contribution in [3.05, 3.63) is 157 Å². The van der Waals surface area contributed by atoms with Crippen molar-refractivity contribution in [2.75, 3.05) is 0 Å². The molecule has 0 fully saturated rings. The first kappa shape index (κ1) is 30.2. The van der Waals surface area contributed by atoms with Gasteiger partial charge in [0.25, 0.3) is 0 Å². The summed E-state index contributed by atoms with van der Waals surface area (Å²) in [6, 6.07) is 48.1. The average Bonchev–Trinajstić information content (AvgIpc) is 3.80. The lowest BCUT2D eigenvalue weighted by molar-refractivity contribution is 0.673. The minimum absolute atomic E-state index is 0.313. The van der Waals surface area contributed by atoms with E-state index in [2.05, 4.69) is 172 Å². The smallest absolute Gasteiger partial charge is 0.148 e. The number of rotatable bonds is 6. The fraction of sp³-hybridized carbons (Fsp3) is 0.128. The number of imidazole rings is 1. The monoisotopic (exact) mass is 646 g/mol. The molecule has 7 aromatic carbocycles. The van der Waals surface area contributed by atoms with Gasteiger partial charge in [-0.05, 0) is 97.8 Å². The molecule has 0 spiro atoms. The summed E-state index contributed by atoms with van der Waals surface area (Å²) in [5.74, 6) is 1.51. The Kier molecular flexibility index (Phi) is 7.17. The predicted molar refractivity (Wildman–Crippen MR) is 210 cm³/mol. The van der Waals surface area contributed by atoms with E-state index >= 15 is 0 Å². The summed E-state index contributed by atoms with van der Waals surface area (Å²) in [7, 11) is 0. The molecule has 0 unspecified atom stereocenters. The van der Waals surface area contributed by atoms with Crippen LogP contribution in [0, 0.1) is 0 Å². The second-order valence-electron chi connectivity index (χ2n) is 14.0. The molecule has 0 aliphatic carbocycles. The summed E-state index contributed by atoms with van der Waals surface area (Å²) in [6.07, 6.45) is 4.03. The highest BCUT2D eigenvalue weighted by Crippen LogP contribution is 2.42. The van der Waals surface area contributed by atoms with Crippen molar-refractivity contribution in [1.82, 2.24) is 9.55 Å². The quantitative estimate of drug-likeness (QED) is 0.168. The van der Waals surface area contributed by atoms with Gasteiger partial charge < -0.3 is 4.42 Å². The van der Waals surface area contributed by atoms with Crippen LogP contribution in [0.5, 0.6) is 0 Å². The summed E-state index contributed by atoms with van der Waals surface area (Å²) in [5.41, 5.74) is 11.5. The molecule has 0 saturated carbocycles. The fourth-order valence-corrected chi connectivity index (χ4v) is 7.71. The number of aromatic nitrogens is 2. The Morgan fingerprint density at radius 1 is 0.500 bits per heavy atom. The molecule has 0 bridgehead atoms. The number of benzene rings is 7. The van der Waals surface area contributed by atoms with Gasteiger partial charge in [-0.15, -0.1) is 0 Å². The molecule has 0 aliphatic rings. The standard InChI is InChI=1S/C47H38N2O/c1-29(2)42-27-35(32-14-9-6-10-15-32)28-43(30(3)4)44(42)49-25-24-48-47(49)41-17-11-16-38-40-23-22-37-36-20-18-33(31-12-7-5-8-13-31)26-34(36)19-21-39(37)45(40)50-46(38)41/h5-30H,1-4H3. The van der Waals surface area contributed by atoms with E-state index < -0.39 is 0 Å². The number of fused-ring (bicyclic) bond motifs is 7. The Labute approximate surface area is 292 Å². The zero-order valence-corrected chi connectivity index (χ0v) is 28.8. The van der Waals surface area contributed by atoms with Crippen molar-refractivity contribution < 1.29 is 4.42 Å². The van der Waals surface area contributed by atoms with Gasteiger partial charge in [0.2, 0.25) is 0 Å². The third-order valence-electron chi connectivity index (χ3n) is 10.2. The summed E-state index contributed by atoms with van der Waals surface area (Å²) in [5, 5.41) is 6.97. The molecule has 2 heterocycles. The van der Waals surface area contributed by atoms with E-state index in [-0.39, 0.29) is 0 Å². The maximum atomic E-state index is 6.93. The average molecular weight is 647 g/mol. The second-order valence-corrected chi connectivity index (χ2v) is 14.0. The lowest BCUT2D eigenvalue weighted by Crippen LogP contribution is -2.08. The minimum atomic E-state index is 0.313. The number of hydrogen-bond donors (Lipinski definition) is 0. The largest absolute Gasteiger partial charge is 0.455 e. The lowest BCUT2D eigenvalue weighted by atomic mass is 9.88. The summed E-state index contributed by atoms with van der Waals surface area (Å²) in [6.45, 7) is 9.13. The van der Waals surface area contributed by atoms with Crippen LogP contribution in [-0.4, -0.2) is 9.55 Å². The molecule has 3 heteroatoms. The number of nitrogens with zero attached hydrogens (tertiary/aromatic N) is 2. The van der Waals surface area contributed by atoms with Gasteiger partial charge in [0.1, 0.15) is 17.0 Å². The Bertz CT molecular complexity index is 2670. The molecule has 0 amide bonds. The van der Waals surface area contributed by atoms with Crippen LogP contribution in [0.4, 0.5) is 0 Å². The van der Waals surface area contributed by atoms with Crippen LogP contribution in [0.1, 0.15) is 50.7 Å². The molecule has 0 saturated heterocycles. The van der Waals surface area contributed by atoms with Gasteiger partial charge in [-0.3, -0.25) is 4.57 Å². The van der Waals surface area contributed by atoms with Crippen LogP contribution in [0.2, 0.25) is 0 Å². The minimum Gasteiger partial charge on any atom is -0.455 e. The third kappa shape index (κ3) is 4.84. The highest BCUT2D eigenvalue weighted by molar-refractivity contribution is 6.21. The number of hydrogen-bond acceptors (Lipinski definition) is 2. The van der Waals surface area contributed by atoms with Crippen LogP contribution >= 0.6 is 0 Å². The molecule has 9 aromatic rings. The number of para-hydroxylation sites is 1. The Morgan fingerprint density at radius 2 is 1.10 bits per heavy atom. The Balaban J connectivity index is 1.23. The van der Waals surface area contributed by atoms with Gasteiger partial charge in [0.05, 0.1) is 11.3 Å². The van der Waals surface area contributed by atoms with E-state index in [9.17, 15) is 0 Å². The van der Waals surface area contributed by atoms with Crippen molar-refractivity contribution in [2.24, 2.45) is 0 Å². The van der Waals surface area contributed by atoms with Crippen LogP contribution in [0.25, 0.3) is 82.8 Å². The molecule has 242 valence electrons. The van der Waals surface area contributed by atoms with Gasteiger partial charge in [0, 0.05) is 28.6 Å². The van der Waals surface area contributed by atoms with Crippen LogP contribution < -0.4 is 0 Å². The van der Waals surface area contributed by atoms with E-state index in [1.54, 1.807) is 0 Å². The van der Waals surface area contributed by atoms with Crippen molar-refractivity contribution in [1.29, 1.82) is 0 Å². The molecule has 2 aromatic heterocycles. The van der Waals surface area contributed by atoms with Gasteiger partial charge in [0.15, 0.2) is 0 Å². The van der Waals surface area contributed by atoms with Crippen LogP contribution in [-0.2, 0) is 0 Å². The highest BCUT2D eigenvalue weighted by atomic mass is 16.3. The van der Waals surface area contributed by atoms with E-state index in [4.69, 9.17) is 9.40 Å². The zero-order chi connectivity index (χ0) is 33.9. The van der Waals surface area contributed by atoms with Gasteiger partial charge in [-0.2, -0.15) is 0 Å². The zero-order valence-electron chi connectivity index (χ0n) is 28.8. The SMILES string of the molecule is CC(C)c1cc(-c2ccccc2)cc(C(C)C)c1-n1ccnc1-c1cccc2c1oc1c2ccc2c3ccc(-c4ccccc4)cc3ccc21. The maximum Gasteiger partial charge on any atom is 0.148 e. The molecule has 0 aliphatic heterocycles. The van der Waals surface area contributed by atoms with Crippen molar-refractivity contribution >= 4 is 43.5 Å². The molecule has 9 rings (SSSR count). The lowest BCUT2D eigenvalue weighted by Gasteiger charge is -2.23. The normalized spacial score (nSPS) is 12.0. The van der Waals surface area contributed by atoms with E-state index in [0.717, 1.165) is 38.7 Å². The van der Waals surface area contributed by atoms with E-state index in [1.165, 1.54) is 55.2 Å². The molecule has 50 heavy (non-hydrogen) atoms. The first-order valence-corrected chi connectivity index (χ1v) is 17.6. The fourth-order valence-electron chi connectivity index (χ4n) is 7.71. The first-order chi connectivity index (χ1) is 24.5. The Hall–Kier alpha value is -5.93. The Morgan fingerprint density at radius 3 is 1.80 bits per heavy atom. The van der Waals surface area contributed by atoms with Crippen molar-refractivity contribution in [2.45, 2.75) is 39.5 Å². The van der Waals surface area contributed by atoms with Gasteiger partial charge in [-0.1, -0.05) is 125 Å². The molecule has 3 nitrogen and oxygen atoms in total. The molecular formula is C47H38N2O. The van der Waals surface area contributed by atoms with Crippen LogP contribution in [0.3, 0.4) is 0 Å². The molecule has 0 N–H and O–H groups in total. The topological polar surface area (TPSA) is 31.0 Å². The van der Waals surface area contributed by atoms with E-state index in [0.29, 0.717) is 11.8 Å². The van der Waals surface area contributed by atoms with Gasteiger partial charge in [-0.25, -0.2) is 4.98 Å².